The average molecular weight is 221 g/mol. The first kappa shape index (κ1) is 14.7. The van der Waals surface area contributed by atoms with E-state index in [0.717, 1.165) is 6.42 Å². The summed E-state index contributed by atoms with van der Waals surface area (Å²) in [5.41, 5.74) is 1.92. The SMILES string of the molecule is C=C/C(=C\C)C(=O)NC/C(=C/C)CCCC. The van der Waals surface area contributed by atoms with Crippen molar-refractivity contribution in [3.63, 3.8) is 0 Å². The van der Waals surface area contributed by atoms with Crippen LogP contribution >= 0.6 is 0 Å². The number of unbranched alkanes of at least 4 members (excludes halogenated alkanes) is 1. The van der Waals surface area contributed by atoms with Crippen LogP contribution in [0, 0.1) is 0 Å². The summed E-state index contributed by atoms with van der Waals surface area (Å²) < 4.78 is 0. The second-order valence-electron chi connectivity index (χ2n) is 3.68. The smallest absolute Gasteiger partial charge is 0.251 e. The van der Waals surface area contributed by atoms with Crippen LogP contribution in [0.25, 0.3) is 0 Å². The standard InChI is InChI=1S/C14H23NO/c1-5-9-10-12(6-2)11-15-14(16)13(7-3)8-4/h6-8H,3,5,9-11H2,1-2,4H3,(H,15,16)/b12-6+,13-8+. The Kier molecular flexibility index (Phi) is 8.22. The van der Waals surface area contributed by atoms with E-state index in [1.807, 2.05) is 13.8 Å². The molecule has 16 heavy (non-hydrogen) atoms. The molecule has 90 valence electrons. The van der Waals surface area contributed by atoms with Crippen molar-refractivity contribution in [1.82, 2.24) is 5.32 Å². The van der Waals surface area contributed by atoms with Crippen LogP contribution in [0.1, 0.15) is 40.0 Å². The van der Waals surface area contributed by atoms with E-state index in [-0.39, 0.29) is 5.91 Å². The minimum absolute atomic E-state index is 0.0478. The van der Waals surface area contributed by atoms with E-state index in [2.05, 4.69) is 24.9 Å². The molecule has 0 unspecified atom stereocenters. The number of carbonyl (C=O) groups excluding carboxylic acids is 1. The van der Waals surface area contributed by atoms with Gasteiger partial charge in [-0.1, -0.05) is 43.7 Å². The van der Waals surface area contributed by atoms with Crippen molar-refractivity contribution in [3.8, 4) is 0 Å². The molecular weight excluding hydrogens is 198 g/mol. The maximum Gasteiger partial charge on any atom is 0.251 e. The highest BCUT2D eigenvalue weighted by Crippen LogP contribution is 2.06. The number of rotatable bonds is 7. The monoisotopic (exact) mass is 221 g/mol. The molecule has 0 aliphatic heterocycles. The summed E-state index contributed by atoms with van der Waals surface area (Å²) in [6, 6.07) is 0. The van der Waals surface area contributed by atoms with E-state index in [9.17, 15) is 4.79 Å². The number of carbonyl (C=O) groups is 1. The zero-order valence-electron chi connectivity index (χ0n) is 10.7. The predicted molar refractivity (Wildman–Crippen MR) is 70.2 cm³/mol. The summed E-state index contributed by atoms with van der Waals surface area (Å²) in [5.74, 6) is -0.0478. The molecular formula is C14H23NO. The van der Waals surface area contributed by atoms with Gasteiger partial charge in [0.15, 0.2) is 0 Å². The van der Waals surface area contributed by atoms with Crippen LogP contribution < -0.4 is 5.32 Å². The lowest BCUT2D eigenvalue weighted by Gasteiger charge is -2.08. The molecule has 2 heteroatoms. The average Bonchev–Trinajstić information content (AvgIpc) is 2.31. The highest BCUT2D eigenvalue weighted by Gasteiger charge is 2.04. The molecule has 1 amide bonds. The molecule has 0 aromatic rings. The Morgan fingerprint density at radius 1 is 1.31 bits per heavy atom. The van der Waals surface area contributed by atoms with Crippen molar-refractivity contribution in [2.45, 2.75) is 40.0 Å². The van der Waals surface area contributed by atoms with Gasteiger partial charge in [-0.25, -0.2) is 0 Å². The van der Waals surface area contributed by atoms with Crippen LogP contribution in [0.4, 0.5) is 0 Å². The van der Waals surface area contributed by atoms with Gasteiger partial charge in [-0.3, -0.25) is 4.79 Å². The molecule has 0 saturated heterocycles. The molecule has 0 bridgehead atoms. The number of nitrogens with one attached hydrogen (secondary N) is 1. The zero-order chi connectivity index (χ0) is 12.4. The Bertz CT molecular complexity index is 287. The maximum absolute atomic E-state index is 11.6. The Labute approximate surface area is 99.1 Å². The molecule has 0 aromatic heterocycles. The first-order valence-corrected chi connectivity index (χ1v) is 5.90. The van der Waals surface area contributed by atoms with Gasteiger partial charge in [0.2, 0.25) is 0 Å². The van der Waals surface area contributed by atoms with E-state index in [1.54, 1.807) is 12.2 Å². The van der Waals surface area contributed by atoms with Crippen LogP contribution in [0.2, 0.25) is 0 Å². The molecule has 0 aliphatic rings. The first-order chi connectivity index (χ1) is 7.69. The van der Waals surface area contributed by atoms with E-state index in [1.165, 1.54) is 18.4 Å². The molecule has 0 rings (SSSR count). The summed E-state index contributed by atoms with van der Waals surface area (Å²) in [7, 11) is 0. The van der Waals surface area contributed by atoms with Gasteiger partial charge in [-0.05, 0) is 26.7 Å². The van der Waals surface area contributed by atoms with Gasteiger partial charge in [0.05, 0.1) is 0 Å². The van der Waals surface area contributed by atoms with Crippen LogP contribution in [-0.4, -0.2) is 12.5 Å². The predicted octanol–water partition coefficient (Wildman–Crippen LogP) is 3.37. The summed E-state index contributed by atoms with van der Waals surface area (Å²) in [4.78, 5) is 11.6. The van der Waals surface area contributed by atoms with Gasteiger partial charge in [-0.15, -0.1) is 0 Å². The van der Waals surface area contributed by atoms with Crippen LogP contribution in [0.5, 0.6) is 0 Å². The van der Waals surface area contributed by atoms with Gasteiger partial charge in [0.1, 0.15) is 0 Å². The fourth-order valence-corrected chi connectivity index (χ4v) is 1.38. The van der Waals surface area contributed by atoms with Crippen molar-refractivity contribution in [2.75, 3.05) is 6.54 Å². The second kappa shape index (κ2) is 8.96. The van der Waals surface area contributed by atoms with Gasteiger partial charge in [0.25, 0.3) is 5.91 Å². The lowest BCUT2D eigenvalue weighted by Crippen LogP contribution is -2.26. The third-order valence-electron chi connectivity index (χ3n) is 2.53. The fraction of sp³-hybridized carbons (Fsp3) is 0.500. The number of hydrogen-bond donors (Lipinski definition) is 1. The molecule has 0 fully saturated rings. The number of hydrogen-bond acceptors (Lipinski definition) is 1. The largest absolute Gasteiger partial charge is 0.348 e. The van der Waals surface area contributed by atoms with Crippen LogP contribution in [-0.2, 0) is 4.79 Å². The van der Waals surface area contributed by atoms with E-state index >= 15 is 0 Å². The third kappa shape index (κ3) is 5.54. The van der Waals surface area contributed by atoms with Crippen molar-refractivity contribution >= 4 is 5.91 Å². The number of allylic oxidation sites excluding steroid dienone is 2. The minimum Gasteiger partial charge on any atom is -0.348 e. The van der Waals surface area contributed by atoms with Crippen LogP contribution in [0.15, 0.2) is 36.0 Å². The molecule has 0 aromatic carbocycles. The Morgan fingerprint density at radius 3 is 2.44 bits per heavy atom. The summed E-state index contributed by atoms with van der Waals surface area (Å²) >= 11 is 0. The third-order valence-corrected chi connectivity index (χ3v) is 2.53. The lowest BCUT2D eigenvalue weighted by atomic mass is 10.1. The van der Waals surface area contributed by atoms with Crippen molar-refractivity contribution < 1.29 is 4.79 Å². The first-order valence-electron chi connectivity index (χ1n) is 5.90. The van der Waals surface area contributed by atoms with Crippen molar-refractivity contribution in [3.05, 3.63) is 36.0 Å². The Morgan fingerprint density at radius 2 is 2.00 bits per heavy atom. The molecule has 0 spiro atoms. The topological polar surface area (TPSA) is 29.1 Å². The van der Waals surface area contributed by atoms with Gasteiger partial charge in [0, 0.05) is 12.1 Å². The molecule has 0 aliphatic carbocycles. The summed E-state index contributed by atoms with van der Waals surface area (Å²) in [6.45, 7) is 10.3. The summed E-state index contributed by atoms with van der Waals surface area (Å²) in [6.07, 6.45) is 8.84. The highest BCUT2D eigenvalue weighted by atomic mass is 16.1. The maximum atomic E-state index is 11.6. The Hall–Kier alpha value is -1.31. The summed E-state index contributed by atoms with van der Waals surface area (Å²) in [5, 5.41) is 2.90. The molecule has 1 N–H and O–H groups in total. The van der Waals surface area contributed by atoms with Crippen molar-refractivity contribution in [1.29, 1.82) is 0 Å². The lowest BCUT2D eigenvalue weighted by molar-refractivity contribution is -0.117. The van der Waals surface area contributed by atoms with E-state index < -0.39 is 0 Å². The van der Waals surface area contributed by atoms with E-state index in [4.69, 9.17) is 0 Å². The second-order valence-corrected chi connectivity index (χ2v) is 3.68. The van der Waals surface area contributed by atoms with Crippen molar-refractivity contribution in [2.24, 2.45) is 0 Å². The Balaban J connectivity index is 4.12. The quantitative estimate of drug-likeness (QED) is 0.398. The minimum atomic E-state index is -0.0478. The zero-order valence-corrected chi connectivity index (χ0v) is 10.7. The van der Waals surface area contributed by atoms with Gasteiger partial charge >= 0.3 is 0 Å². The highest BCUT2D eigenvalue weighted by molar-refractivity contribution is 5.96. The molecule has 0 saturated carbocycles. The van der Waals surface area contributed by atoms with Crippen LogP contribution in [0.3, 0.4) is 0 Å². The molecule has 0 atom stereocenters. The molecule has 2 nitrogen and oxygen atoms in total. The van der Waals surface area contributed by atoms with Gasteiger partial charge < -0.3 is 5.32 Å². The molecule has 0 radical (unpaired) electrons. The van der Waals surface area contributed by atoms with Gasteiger partial charge in [-0.2, -0.15) is 0 Å². The normalized spacial score (nSPS) is 12.4. The van der Waals surface area contributed by atoms with E-state index in [0.29, 0.717) is 12.1 Å². The fourth-order valence-electron chi connectivity index (χ4n) is 1.38. The number of amides is 1. The molecule has 0 heterocycles.